The number of nitrogens with two attached hydrogens (primary N) is 1. The molecular weight excluding hydrogens is 426 g/mol. The van der Waals surface area contributed by atoms with Crippen LogP contribution in [-0.2, 0) is 0 Å². The largest absolute Gasteiger partial charge is 0.390 e. The van der Waals surface area contributed by atoms with Crippen molar-refractivity contribution in [2.24, 2.45) is 5.73 Å². The summed E-state index contributed by atoms with van der Waals surface area (Å²) < 4.78 is 0. The van der Waals surface area contributed by atoms with E-state index < -0.39 is 6.10 Å². The van der Waals surface area contributed by atoms with Gasteiger partial charge in [0, 0.05) is 58.8 Å². The summed E-state index contributed by atoms with van der Waals surface area (Å²) in [5.41, 5.74) is 11.0. The van der Waals surface area contributed by atoms with Gasteiger partial charge in [-0.2, -0.15) is 0 Å². The number of para-hydroxylation sites is 1. The first kappa shape index (κ1) is 19.8. The lowest BCUT2D eigenvalue weighted by Crippen LogP contribution is -2.32. The first-order valence-electron chi connectivity index (χ1n) is 11.9. The van der Waals surface area contributed by atoms with Crippen LogP contribution < -0.4 is 10.6 Å². The molecule has 2 atom stereocenters. The van der Waals surface area contributed by atoms with Gasteiger partial charge in [0.15, 0.2) is 5.82 Å². The molecule has 1 saturated heterocycles. The lowest BCUT2D eigenvalue weighted by molar-refractivity contribution is 0.180. The van der Waals surface area contributed by atoms with Gasteiger partial charge in [-0.05, 0) is 36.5 Å². The number of aromatic amines is 1. The Morgan fingerprint density at radius 3 is 2.71 bits per heavy atom. The Morgan fingerprint density at radius 1 is 1.03 bits per heavy atom. The number of pyridine rings is 2. The van der Waals surface area contributed by atoms with Crippen molar-refractivity contribution in [1.82, 2.24) is 24.9 Å². The number of hydrogen-bond donors (Lipinski definition) is 3. The van der Waals surface area contributed by atoms with Crippen molar-refractivity contribution in [1.29, 1.82) is 0 Å². The van der Waals surface area contributed by atoms with Crippen LogP contribution >= 0.6 is 0 Å². The highest BCUT2D eigenvalue weighted by atomic mass is 16.3. The molecule has 5 aromatic rings. The molecule has 0 amide bonds. The number of aliphatic hydroxyl groups is 1. The summed E-state index contributed by atoms with van der Waals surface area (Å²) in [6.45, 7) is 1.01. The van der Waals surface area contributed by atoms with Crippen LogP contribution in [0.4, 0.5) is 5.82 Å². The van der Waals surface area contributed by atoms with Crippen LogP contribution in [0.1, 0.15) is 30.7 Å². The zero-order chi connectivity index (χ0) is 22.8. The van der Waals surface area contributed by atoms with Crippen molar-refractivity contribution in [2.75, 3.05) is 18.0 Å². The molecule has 8 nitrogen and oxygen atoms in total. The van der Waals surface area contributed by atoms with Crippen LogP contribution in [0.5, 0.6) is 0 Å². The van der Waals surface area contributed by atoms with E-state index in [1.54, 1.807) is 6.20 Å². The quantitative estimate of drug-likeness (QED) is 0.384. The molecule has 4 aromatic heterocycles. The predicted octanol–water partition coefficient (Wildman–Crippen LogP) is 3.50. The molecule has 1 aliphatic heterocycles. The monoisotopic (exact) mass is 451 g/mol. The van der Waals surface area contributed by atoms with Gasteiger partial charge < -0.3 is 20.7 Å². The average Bonchev–Trinajstić information content (AvgIpc) is 3.36. The minimum atomic E-state index is -0.580. The Morgan fingerprint density at radius 2 is 1.91 bits per heavy atom. The van der Waals surface area contributed by atoms with Gasteiger partial charge in [-0.1, -0.05) is 24.6 Å². The molecule has 7 rings (SSSR count). The van der Waals surface area contributed by atoms with E-state index in [0.29, 0.717) is 24.8 Å². The fourth-order valence-corrected chi connectivity index (χ4v) is 5.40. The second-order valence-corrected chi connectivity index (χ2v) is 9.51. The van der Waals surface area contributed by atoms with Crippen LogP contribution in [0.3, 0.4) is 0 Å². The SMILES string of the molecule is NC1CN(c2nc(-c3ccnc4[nH]c5ccccc5c34)nc3cncc(C4CCC4)c23)CC1O. The summed E-state index contributed by atoms with van der Waals surface area (Å²) in [4.78, 5) is 24.8. The van der Waals surface area contributed by atoms with Gasteiger partial charge >= 0.3 is 0 Å². The third kappa shape index (κ3) is 2.92. The van der Waals surface area contributed by atoms with E-state index in [9.17, 15) is 5.11 Å². The number of benzene rings is 1. The van der Waals surface area contributed by atoms with Crippen molar-refractivity contribution in [3.05, 3.63) is 54.5 Å². The van der Waals surface area contributed by atoms with E-state index in [-0.39, 0.29) is 6.04 Å². The second kappa shape index (κ2) is 7.44. The number of hydrogen-bond acceptors (Lipinski definition) is 7. The van der Waals surface area contributed by atoms with E-state index in [1.807, 2.05) is 30.6 Å². The van der Waals surface area contributed by atoms with E-state index in [0.717, 1.165) is 57.1 Å². The number of nitrogens with zero attached hydrogens (tertiary/aromatic N) is 5. The number of β-amino-alcohol motifs (C(OH)–C–C–N with tert-alkyl or cyclic N) is 1. The topological polar surface area (TPSA) is 117 Å². The number of H-pyrrole nitrogens is 1. The van der Waals surface area contributed by atoms with Gasteiger partial charge in [0.2, 0.25) is 0 Å². The maximum absolute atomic E-state index is 10.4. The minimum Gasteiger partial charge on any atom is -0.390 e. The van der Waals surface area contributed by atoms with Crippen LogP contribution in [0.25, 0.3) is 44.2 Å². The Balaban J connectivity index is 1.51. The third-order valence-corrected chi connectivity index (χ3v) is 7.44. The maximum Gasteiger partial charge on any atom is 0.163 e. The summed E-state index contributed by atoms with van der Waals surface area (Å²) in [5.74, 6) is 1.94. The van der Waals surface area contributed by atoms with Crippen LogP contribution in [0.15, 0.2) is 48.9 Å². The molecule has 1 aliphatic carbocycles. The summed E-state index contributed by atoms with van der Waals surface area (Å²) in [6.07, 6.45) is 8.55. The van der Waals surface area contributed by atoms with Gasteiger partial charge in [0.1, 0.15) is 11.5 Å². The van der Waals surface area contributed by atoms with Crippen molar-refractivity contribution < 1.29 is 5.11 Å². The van der Waals surface area contributed by atoms with E-state index in [4.69, 9.17) is 15.7 Å². The van der Waals surface area contributed by atoms with Gasteiger partial charge in [-0.3, -0.25) is 4.98 Å². The van der Waals surface area contributed by atoms with Gasteiger partial charge in [0.05, 0.1) is 17.8 Å². The van der Waals surface area contributed by atoms with Gasteiger partial charge in [-0.25, -0.2) is 15.0 Å². The first-order chi connectivity index (χ1) is 16.7. The number of nitrogens with one attached hydrogen (secondary N) is 1. The second-order valence-electron chi connectivity index (χ2n) is 9.51. The summed E-state index contributed by atoms with van der Waals surface area (Å²) >= 11 is 0. The zero-order valence-corrected chi connectivity index (χ0v) is 18.6. The standard InChI is InChI=1S/C26H25N7O/c27-18-12-33(13-21(18)34)26-23-17(14-4-3-5-14)10-28-11-20(23)31-24(32-26)16-8-9-29-25-22(16)15-6-1-2-7-19(15)30-25/h1-2,6-11,14,18,21,34H,3-5,12-13,27H2,(H,29,30). The minimum absolute atomic E-state index is 0.302. The fraction of sp³-hybridized carbons (Fsp3) is 0.308. The molecule has 2 fully saturated rings. The number of fused-ring (bicyclic) bond motifs is 4. The van der Waals surface area contributed by atoms with Gasteiger partial charge in [-0.15, -0.1) is 0 Å². The lowest BCUT2D eigenvalue weighted by atomic mass is 9.79. The lowest BCUT2D eigenvalue weighted by Gasteiger charge is -2.28. The number of rotatable bonds is 3. The first-order valence-corrected chi connectivity index (χ1v) is 11.9. The molecule has 0 bridgehead atoms. The maximum atomic E-state index is 10.4. The van der Waals surface area contributed by atoms with Crippen LogP contribution in [0.2, 0.25) is 0 Å². The zero-order valence-electron chi connectivity index (χ0n) is 18.6. The molecule has 170 valence electrons. The smallest absolute Gasteiger partial charge is 0.163 e. The van der Waals surface area contributed by atoms with Crippen molar-refractivity contribution in [3.63, 3.8) is 0 Å². The molecule has 34 heavy (non-hydrogen) atoms. The number of aliphatic hydroxyl groups excluding tert-OH is 1. The molecule has 4 N–H and O–H groups in total. The molecule has 2 aliphatic rings. The van der Waals surface area contributed by atoms with E-state index in [1.165, 1.54) is 12.0 Å². The highest BCUT2D eigenvalue weighted by Crippen LogP contribution is 2.43. The Hall–Kier alpha value is -3.62. The predicted molar refractivity (Wildman–Crippen MR) is 133 cm³/mol. The Kier molecular flexibility index (Phi) is 4.34. The molecule has 5 heterocycles. The van der Waals surface area contributed by atoms with Crippen LogP contribution in [0, 0.1) is 0 Å². The van der Waals surface area contributed by atoms with E-state index >= 15 is 0 Å². The third-order valence-electron chi connectivity index (χ3n) is 7.44. The summed E-state index contributed by atoms with van der Waals surface area (Å²) in [7, 11) is 0. The highest BCUT2D eigenvalue weighted by molar-refractivity contribution is 6.12. The summed E-state index contributed by atoms with van der Waals surface area (Å²) in [6, 6.07) is 9.85. The molecule has 1 saturated carbocycles. The van der Waals surface area contributed by atoms with Crippen molar-refractivity contribution in [3.8, 4) is 11.4 Å². The fourth-order valence-electron chi connectivity index (χ4n) is 5.40. The molecular formula is C26H25N7O. The van der Waals surface area contributed by atoms with Crippen molar-refractivity contribution >= 4 is 38.7 Å². The normalized spacial score (nSPS) is 21.1. The van der Waals surface area contributed by atoms with E-state index in [2.05, 4.69) is 32.0 Å². The molecule has 1 aromatic carbocycles. The molecule has 0 radical (unpaired) electrons. The molecule has 8 heteroatoms. The van der Waals surface area contributed by atoms with Crippen molar-refractivity contribution in [2.45, 2.75) is 37.3 Å². The van der Waals surface area contributed by atoms with Gasteiger partial charge in [0.25, 0.3) is 0 Å². The highest BCUT2D eigenvalue weighted by Gasteiger charge is 2.33. The number of aromatic nitrogens is 5. The van der Waals surface area contributed by atoms with Crippen LogP contribution in [-0.4, -0.2) is 55.3 Å². The summed E-state index contributed by atoms with van der Waals surface area (Å²) in [5, 5.41) is 13.5. The Bertz CT molecular complexity index is 1550. The Labute approximate surface area is 195 Å². The average molecular weight is 452 g/mol. The molecule has 0 spiro atoms. The molecule has 2 unspecified atom stereocenters. The number of anilines is 1.